The zero-order valence-electron chi connectivity index (χ0n) is 14.1. The summed E-state index contributed by atoms with van der Waals surface area (Å²) in [6.07, 6.45) is 13.9. The highest BCUT2D eigenvalue weighted by Gasteiger charge is 2.14. The third kappa shape index (κ3) is 14.5. The Morgan fingerprint density at radius 1 is 0.864 bits per heavy atom. The Hall–Kier alpha value is -0.420. The molecule has 0 heterocycles. The molecule has 0 saturated carbocycles. The number of unbranched alkanes of at least 4 members (excludes halogenated alkanes) is 9. The van der Waals surface area contributed by atoms with Crippen LogP contribution < -0.4 is 0 Å². The Morgan fingerprint density at radius 2 is 1.32 bits per heavy atom. The van der Waals surface area contributed by atoms with Crippen LogP contribution in [-0.2, 0) is 15.9 Å². The van der Waals surface area contributed by atoms with Crippen LogP contribution >= 0.6 is 0 Å². The lowest BCUT2D eigenvalue weighted by Gasteiger charge is -2.12. The minimum absolute atomic E-state index is 0.0614. The second-order valence-corrected chi connectivity index (χ2v) is 7.37. The van der Waals surface area contributed by atoms with E-state index >= 15 is 0 Å². The molecule has 132 valence electrons. The largest absolute Gasteiger partial charge is 0.481 e. The topological polar surface area (TPSA) is 74.6 Å². The SMILES string of the molecule is CCCCCCCC(CCCCCCCCC(=O)O)S(=O)O. The van der Waals surface area contributed by atoms with Gasteiger partial charge in [-0.15, -0.1) is 0 Å². The average molecular weight is 335 g/mol. The number of carboxylic acids is 1. The number of hydrogen-bond acceptors (Lipinski definition) is 2. The van der Waals surface area contributed by atoms with Gasteiger partial charge in [0, 0.05) is 6.42 Å². The number of rotatable bonds is 16. The maximum atomic E-state index is 11.3. The summed E-state index contributed by atoms with van der Waals surface area (Å²) < 4.78 is 20.7. The van der Waals surface area contributed by atoms with E-state index < -0.39 is 17.0 Å². The van der Waals surface area contributed by atoms with Crippen LogP contribution in [0.15, 0.2) is 0 Å². The number of carboxylic acid groups (broad SMARTS) is 1. The highest BCUT2D eigenvalue weighted by molar-refractivity contribution is 7.79. The van der Waals surface area contributed by atoms with Crippen LogP contribution in [0.4, 0.5) is 0 Å². The summed E-state index contributed by atoms with van der Waals surface area (Å²) >= 11 is -1.69. The zero-order chi connectivity index (χ0) is 16.6. The molecule has 0 aromatic heterocycles. The Balaban J connectivity index is 3.53. The maximum Gasteiger partial charge on any atom is 0.303 e. The van der Waals surface area contributed by atoms with Crippen LogP contribution in [0.3, 0.4) is 0 Å². The van der Waals surface area contributed by atoms with Crippen LogP contribution in [0.1, 0.15) is 96.8 Å². The molecule has 5 heteroatoms. The molecule has 4 nitrogen and oxygen atoms in total. The van der Waals surface area contributed by atoms with E-state index in [0.29, 0.717) is 0 Å². The molecule has 0 aliphatic carbocycles. The van der Waals surface area contributed by atoms with Gasteiger partial charge < -0.3 is 9.66 Å². The highest BCUT2D eigenvalue weighted by atomic mass is 32.2. The van der Waals surface area contributed by atoms with Gasteiger partial charge in [0.2, 0.25) is 0 Å². The van der Waals surface area contributed by atoms with Gasteiger partial charge in [0.05, 0.1) is 5.25 Å². The summed E-state index contributed by atoms with van der Waals surface area (Å²) in [5.41, 5.74) is 0. The van der Waals surface area contributed by atoms with Gasteiger partial charge in [-0.05, 0) is 19.3 Å². The van der Waals surface area contributed by atoms with E-state index in [0.717, 1.165) is 57.8 Å². The molecule has 0 aromatic carbocycles. The second kappa shape index (κ2) is 15.5. The molecule has 2 N–H and O–H groups in total. The molecule has 0 spiro atoms. The Kier molecular flexibility index (Phi) is 15.2. The molecule has 22 heavy (non-hydrogen) atoms. The van der Waals surface area contributed by atoms with E-state index in [9.17, 15) is 13.6 Å². The van der Waals surface area contributed by atoms with Crippen molar-refractivity contribution in [2.24, 2.45) is 0 Å². The summed E-state index contributed by atoms with van der Waals surface area (Å²) in [7, 11) is 0. The van der Waals surface area contributed by atoms with Crippen molar-refractivity contribution >= 4 is 17.0 Å². The van der Waals surface area contributed by atoms with E-state index in [1.165, 1.54) is 25.7 Å². The number of carbonyl (C=O) groups is 1. The van der Waals surface area contributed by atoms with Crippen LogP contribution in [0.25, 0.3) is 0 Å². The minimum atomic E-state index is -1.69. The fourth-order valence-corrected chi connectivity index (χ4v) is 3.41. The lowest BCUT2D eigenvalue weighted by atomic mass is 10.0. The van der Waals surface area contributed by atoms with Crippen LogP contribution in [0, 0.1) is 0 Å². The van der Waals surface area contributed by atoms with Crippen molar-refractivity contribution in [3.63, 3.8) is 0 Å². The third-order valence-electron chi connectivity index (χ3n) is 4.08. The minimum Gasteiger partial charge on any atom is -0.481 e. The van der Waals surface area contributed by atoms with E-state index in [-0.39, 0.29) is 11.7 Å². The van der Waals surface area contributed by atoms with Gasteiger partial charge in [-0.25, -0.2) is 4.21 Å². The van der Waals surface area contributed by atoms with Gasteiger partial charge >= 0.3 is 5.97 Å². The van der Waals surface area contributed by atoms with Crippen molar-refractivity contribution in [2.75, 3.05) is 0 Å². The molecule has 0 aromatic rings. The molecule has 0 bridgehead atoms. The number of hydrogen-bond donors (Lipinski definition) is 2. The Morgan fingerprint density at radius 3 is 1.77 bits per heavy atom. The van der Waals surface area contributed by atoms with Gasteiger partial charge in [0.25, 0.3) is 0 Å². The summed E-state index contributed by atoms with van der Waals surface area (Å²) in [5, 5.41) is 8.47. The summed E-state index contributed by atoms with van der Waals surface area (Å²) in [6.45, 7) is 2.19. The van der Waals surface area contributed by atoms with Crippen molar-refractivity contribution in [3.8, 4) is 0 Å². The van der Waals surface area contributed by atoms with Gasteiger partial charge in [-0.2, -0.15) is 0 Å². The monoisotopic (exact) mass is 334 g/mol. The van der Waals surface area contributed by atoms with Crippen molar-refractivity contribution < 1.29 is 18.7 Å². The highest BCUT2D eigenvalue weighted by Crippen LogP contribution is 2.17. The normalized spacial score (nSPS) is 13.9. The van der Waals surface area contributed by atoms with Crippen LogP contribution in [0.2, 0.25) is 0 Å². The molecule has 0 radical (unpaired) electrons. The molecule has 2 unspecified atom stereocenters. The molecule has 0 aliphatic heterocycles. The molecular formula is C17H34O4S. The third-order valence-corrected chi connectivity index (χ3v) is 5.12. The summed E-state index contributed by atoms with van der Waals surface area (Å²) in [6, 6.07) is 0. The van der Waals surface area contributed by atoms with Gasteiger partial charge in [0.15, 0.2) is 11.1 Å². The van der Waals surface area contributed by atoms with E-state index in [1.807, 2.05) is 0 Å². The van der Waals surface area contributed by atoms with E-state index in [4.69, 9.17) is 5.11 Å². The molecule has 0 fully saturated rings. The Labute approximate surface area is 138 Å². The lowest BCUT2D eigenvalue weighted by molar-refractivity contribution is -0.137. The van der Waals surface area contributed by atoms with E-state index in [1.54, 1.807) is 0 Å². The van der Waals surface area contributed by atoms with Gasteiger partial charge in [-0.1, -0.05) is 71.1 Å². The maximum absolute atomic E-state index is 11.3. The molecule has 0 saturated heterocycles. The fraction of sp³-hybridized carbons (Fsp3) is 0.941. The van der Waals surface area contributed by atoms with Crippen LogP contribution in [-0.4, -0.2) is 25.1 Å². The lowest BCUT2D eigenvalue weighted by Crippen LogP contribution is -2.14. The average Bonchev–Trinajstić information content (AvgIpc) is 2.46. The quantitative estimate of drug-likeness (QED) is 0.302. The standard InChI is InChI=1S/C17H34O4S/c1-2-3-4-7-10-13-16(22(20)21)14-11-8-5-6-9-12-15-17(18)19/h16H,2-15H2,1H3,(H,18,19)(H,20,21). The predicted molar refractivity (Wildman–Crippen MR) is 92.5 cm³/mol. The van der Waals surface area contributed by atoms with E-state index in [2.05, 4.69) is 6.92 Å². The van der Waals surface area contributed by atoms with Crippen molar-refractivity contribution in [2.45, 2.75) is 102 Å². The first-order valence-electron chi connectivity index (χ1n) is 8.89. The first kappa shape index (κ1) is 21.6. The molecule has 0 amide bonds. The summed E-state index contributed by atoms with van der Waals surface area (Å²) in [5.74, 6) is -0.716. The van der Waals surface area contributed by atoms with Crippen molar-refractivity contribution in [3.05, 3.63) is 0 Å². The smallest absolute Gasteiger partial charge is 0.303 e. The first-order valence-corrected chi connectivity index (χ1v) is 10.1. The van der Waals surface area contributed by atoms with Crippen LogP contribution in [0.5, 0.6) is 0 Å². The molecule has 0 aliphatic rings. The van der Waals surface area contributed by atoms with Gasteiger partial charge in [-0.3, -0.25) is 4.79 Å². The first-order chi connectivity index (χ1) is 10.6. The zero-order valence-corrected chi connectivity index (χ0v) is 14.9. The van der Waals surface area contributed by atoms with Crippen molar-refractivity contribution in [1.29, 1.82) is 0 Å². The predicted octanol–water partition coefficient (Wildman–Crippen LogP) is 5.14. The van der Waals surface area contributed by atoms with Gasteiger partial charge in [0.1, 0.15) is 0 Å². The molecule has 0 rings (SSSR count). The fourth-order valence-electron chi connectivity index (χ4n) is 2.68. The van der Waals surface area contributed by atoms with Crippen molar-refractivity contribution in [1.82, 2.24) is 0 Å². The molecular weight excluding hydrogens is 300 g/mol. The summed E-state index contributed by atoms with van der Waals surface area (Å²) in [4.78, 5) is 10.4. The number of aliphatic carboxylic acids is 1. The second-order valence-electron chi connectivity index (χ2n) is 6.15. The molecule has 2 atom stereocenters. The Bertz CT molecular complexity index is 294.